The molecular formula is C19H23N5O3. The molecule has 1 aromatic carbocycles. The number of aromatic nitrogens is 4. The van der Waals surface area contributed by atoms with Gasteiger partial charge in [0.25, 0.3) is 5.56 Å². The monoisotopic (exact) mass is 369 g/mol. The van der Waals surface area contributed by atoms with E-state index < -0.39 is 0 Å². The summed E-state index contributed by atoms with van der Waals surface area (Å²) in [6.07, 6.45) is 0. The molecule has 0 unspecified atom stereocenters. The first-order valence-corrected chi connectivity index (χ1v) is 8.98. The van der Waals surface area contributed by atoms with Crippen LogP contribution in [0.1, 0.15) is 11.1 Å². The molecule has 8 nitrogen and oxygen atoms in total. The van der Waals surface area contributed by atoms with Crippen molar-refractivity contribution < 1.29 is 4.74 Å². The van der Waals surface area contributed by atoms with Gasteiger partial charge in [-0.25, -0.2) is 4.79 Å². The second kappa shape index (κ2) is 6.38. The number of ether oxygens (including phenoxy) is 1. The maximum Gasteiger partial charge on any atom is 0.332 e. The van der Waals surface area contributed by atoms with Crippen molar-refractivity contribution in [3.8, 4) is 0 Å². The molecule has 0 N–H and O–H groups in total. The summed E-state index contributed by atoms with van der Waals surface area (Å²) in [5, 5.41) is 0. The first-order valence-electron chi connectivity index (χ1n) is 8.98. The van der Waals surface area contributed by atoms with E-state index >= 15 is 0 Å². The Morgan fingerprint density at radius 2 is 1.93 bits per heavy atom. The first-order chi connectivity index (χ1) is 12.9. The van der Waals surface area contributed by atoms with E-state index in [1.165, 1.54) is 20.3 Å². The van der Waals surface area contributed by atoms with Gasteiger partial charge in [0.1, 0.15) is 0 Å². The van der Waals surface area contributed by atoms with Crippen LogP contribution in [0.4, 0.5) is 11.6 Å². The zero-order valence-electron chi connectivity index (χ0n) is 16.0. The summed E-state index contributed by atoms with van der Waals surface area (Å²) < 4.78 is 9.61. The van der Waals surface area contributed by atoms with E-state index in [-0.39, 0.29) is 17.8 Å². The SMILES string of the molecule is COCCn1c(=O)c2c(nc3n2CCN3c2ccc(C)c(C)c2)n(C)c1=O. The van der Waals surface area contributed by atoms with Crippen molar-refractivity contribution >= 4 is 22.8 Å². The van der Waals surface area contributed by atoms with Gasteiger partial charge in [0, 0.05) is 32.9 Å². The number of rotatable bonds is 4. The Bertz CT molecular complexity index is 1150. The van der Waals surface area contributed by atoms with Gasteiger partial charge < -0.3 is 14.2 Å². The number of hydrogen-bond donors (Lipinski definition) is 0. The molecule has 142 valence electrons. The smallest absolute Gasteiger partial charge is 0.332 e. The number of methoxy groups -OCH3 is 1. The highest BCUT2D eigenvalue weighted by Crippen LogP contribution is 2.32. The fraction of sp³-hybridized carbons (Fsp3) is 0.421. The Labute approximate surface area is 156 Å². The van der Waals surface area contributed by atoms with Crippen molar-refractivity contribution in [3.63, 3.8) is 0 Å². The van der Waals surface area contributed by atoms with Crippen molar-refractivity contribution in [2.24, 2.45) is 7.05 Å². The Morgan fingerprint density at radius 3 is 2.63 bits per heavy atom. The highest BCUT2D eigenvalue weighted by Gasteiger charge is 2.28. The Morgan fingerprint density at radius 1 is 1.15 bits per heavy atom. The second-order valence-electron chi connectivity index (χ2n) is 6.95. The van der Waals surface area contributed by atoms with Crippen molar-refractivity contribution in [2.45, 2.75) is 26.9 Å². The lowest BCUT2D eigenvalue weighted by molar-refractivity contribution is 0.184. The number of fused-ring (bicyclic) bond motifs is 3. The largest absolute Gasteiger partial charge is 0.383 e. The first kappa shape index (κ1) is 17.5. The lowest BCUT2D eigenvalue weighted by atomic mass is 10.1. The Hall–Kier alpha value is -2.87. The molecule has 3 heterocycles. The average molecular weight is 369 g/mol. The zero-order chi connectivity index (χ0) is 19.3. The summed E-state index contributed by atoms with van der Waals surface area (Å²) in [6.45, 7) is 6.07. The van der Waals surface area contributed by atoms with Crippen LogP contribution in [0, 0.1) is 13.8 Å². The van der Waals surface area contributed by atoms with Crippen LogP contribution >= 0.6 is 0 Å². The lowest BCUT2D eigenvalue weighted by Gasteiger charge is -2.17. The van der Waals surface area contributed by atoms with Crippen LogP contribution in [0.3, 0.4) is 0 Å². The molecule has 3 aromatic rings. The normalized spacial score (nSPS) is 13.6. The highest BCUT2D eigenvalue weighted by molar-refractivity contribution is 5.77. The molecule has 1 aliphatic heterocycles. The minimum absolute atomic E-state index is 0.222. The van der Waals surface area contributed by atoms with Gasteiger partial charge in [-0.15, -0.1) is 0 Å². The predicted octanol–water partition coefficient (Wildman–Crippen LogP) is 1.31. The molecule has 0 aliphatic carbocycles. The molecule has 2 aromatic heterocycles. The molecule has 27 heavy (non-hydrogen) atoms. The standard InChI is InChI=1S/C19H23N5O3/c1-12-5-6-14(11-13(12)2)22-7-8-23-15-16(20-18(22)23)21(3)19(26)24(17(15)25)9-10-27-4/h5-6,11H,7-10H2,1-4H3. The molecule has 0 saturated carbocycles. The fourth-order valence-electron chi connectivity index (χ4n) is 3.60. The number of nitrogens with zero attached hydrogens (tertiary/aromatic N) is 5. The van der Waals surface area contributed by atoms with Crippen LogP contribution in [-0.4, -0.2) is 38.9 Å². The molecule has 0 amide bonds. The summed E-state index contributed by atoms with van der Waals surface area (Å²) in [5.74, 6) is 0.699. The van der Waals surface area contributed by atoms with Gasteiger partial charge in [0.05, 0.1) is 13.2 Å². The minimum atomic E-state index is -0.376. The van der Waals surface area contributed by atoms with Gasteiger partial charge in [-0.2, -0.15) is 4.98 Å². The maximum absolute atomic E-state index is 13.0. The topological polar surface area (TPSA) is 74.3 Å². The van der Waals surface area contributed by atoms with Crippen LogP contribution in [0.2, 0.25) is 0 Å². The number of hydrogen-bond acceptors (Lipinski definition) is 5. The zero-order valence-corrected chi connectivity index (χ0v) is 16.0. The predicted molar refractivity (Wildman–Crippen MR) is 104 cm³/mol. The summed E-state index contributed by atoms with van der Waals surface area (Å²) in [7, 11) is 3.20. The van der Waals surface area contributed by atoms with Crippen LogP contribution in [0.5, 0.6) is 0 Å². The van der Waals surface area contributed by atoms with E-state index in [4.69, 9.17) is 4.74 Å². The van der Waals surface area contributed by atoms with E-state index in [0.717, 1.165) is 12.2 Å². The van der Waals surface area contributed by atoms with Crippen LogP contribution in [0.15, 0.2) is 27.8 Å². The van der Waals surface area contributed by atoms with Gasteiger partial charge in [-0.3, -0.25) is 13.9 Å². The second-order valence-corrected chi connectivity index (χ2v) is 6.95. The Balaban J connectivity index is 1.91. The third kappa shape index (κ3) is 2.59. The highest BCUT2D eigenvalue weighted by atomic mass is 16.5. The molecule has 4 rings (SSSR count). The molecule has 0 radical (unpaired) electrons. The number of anilines is 2. The van der Waals surface area contributed by atoms with E-state index in [2.05, 4.69) is 41.9 Å². The quantitative estimate of drug-likeness (QED) is 0.693. The molecule has 0 fully saturated rings. The molecule has 8 heteroatoms. The average Bonchev–Trinajstić information content (AvgIpc) is 3.21. The molecule has 0 spiro atoms. The molecule has 0 saturated heterocycles. The summed E-state index contributed by atoms with van der Waals surface area (Å²) in [4.78, 5) is 32.3. The third-order valence-electron chi connectivity index (χ3n) is 5.32. The molecular weight excluding hydrogens is 346 g/mol. The van der Waals surface area contributed by atoms with E-state index in [1.807, 2.05) is 4.57 Å². The van der Waals surface area contributed by atoms with Gasteiger partial charge >= 0.3 is 5.69 Å². The van der Waals surface area contributed by atoms with E-state index in [0.29, 0.717) is 30.3 Å². The van der Waals surface area contributed by atoms with Crippen LogP contribution in [0.25, 0.3) is 11.2 Å². The number of imidazole rings is 1. The van der Waals surface area contributed by atoms with E-state index in [9.17, 15) is 9.59 Å². The fourth-order valence-corrected chi connectivity index (χ4v) is 3.60. The molecule has 1 aliphatic rings. The van der Waals surface area contributed by atoms with Crippen molar-refractivity contribution in [3.05, 3.63) is 50.2 Å². The van der Waals surface area contributed by atoms with Gasteiger partial charge in [-0.05, 0) is 37.1 Å². The van der Waals surface area contributed by atoms with Crippen molar-refractivity contribution in [2.75, 3.05) is 25.2 Å². The lowest BCUT2D eigenvalue weighted by Crippen LogP contribution is -2.40. The molecule has 0 bridgehead atoms. The summed E-state index contributed by atoms with van der Waals surface area (Å²) >= 11 is 0. The minimum Gasteiger partial charge on any atom is -0.383 e. The van der Waals surface area contributed by atoms with Crippen LogP contribution in [-0.2, 0) is 24.9 Å². The van der Waals surface area contributed by atoms with E-state index in [1.54, 1.807) is 14.2 Å². The number of aryl methyl sites for hydroxylation is 3. The Kier molecular flexibility index (Phi) is 4.15. The summed E-state index contributed by atoms with van der Waals surface area (Å²) in [5.41, 5.74) is 3.67. The van der Waals surface area contributed by atoms with Crippen molar-refractivity contribution in [1.82, 2.24) is 18.7 Å². The maximum atomic E-state index is 13.0. The van der Waals surface area contributed by atoms with Gasteiger partial charge in [0.2, 0.25) is 5.95 Å². The van der Waals surface area contributed by atoms with Crippen molar-refractivity contribution in [1.29, 1.82) is 0 Å². The number of benzene rings is 1. The summed E-state index contributed by atoms with van der Waals surface area (Å²) in [6, 6.07) is 6.27. The van der Waals surface area contributed by atoms with Crippen LogP contribution < -0.4 is 16.1 Å². The van der Waals surface area contributed by atoms with Gasteiger partial charge in [0.15, 0.2) is 11.2 Å². The molecule has 0 atom stereocenters. The third-order valence-corrected chi connectivity index (χ3v) is 5.32. The van der Waals surface area contributed by atoms with Gasteiger partial charge in [-0.1, -0.05) is 6.07 Å².